The normalized spacial score (nSPS) is 16.7. The van der Waals surface area contributed by atoms with Crippen LogP contribution in [0.3, 0.4) is 0 Å². The molecule has 11 nitrogen and oxygen atoms in total. The number of urea groups is 1. The first-order chi connectivity index (χ1) is 14.4. The van der Waals surface area contributed by atoms with Crippen molar-refractivity contribution in [3.63, 3.8) is 0 Å². The van der Waals surface area contributed by atoms with Gasteiger partial charge in [0, 0.05) is 6.61 Å². The number of aromatic nitrogens is 3. The Bertz CT molecular complexity index is 1000. The highest BCUT2D eigenvalue weighted by Gasteiger charge is 2.22. The Balaban J connectivity index is 1.67. The zero-order valence-corrected chi connectivity index (χ0v) is 17.6. The van der Waals surface area contributed by atoms with Gasteiger partial charge in [-0.2, -0.15) is 15.0 Å². The summed E-state index contributed by atoms with van der Waals surface area (Å²) in [5.74, 6) is -0.0304. The fourth-order valence-corrected chi connectivity index (χ4v) is 4.01. The molecular weight excluding hydrogens is 438 g/mol. The molecule has 0 spiro atoms. The summed E-state index contributed by atoms with van der Waals surface area (Å²) in [6.07, 6.45) is 2.38. The third-order valence-corrected chi connectivity index (χ3v) is 5.79. The number of hydrogen-bond acceptors (Lipinski definition) is 9. The number of amides is 2. The lowest BCUT2D eigenvalue weighted by Crippen LogP contribution is -2.35. The number of nitrogens with one attached hydrogen (secondary N) is 2. The molecule has 1 atom stereocenters. The van der Waals surface area contributed by atoms with Crippen LogP contribution in [0, 0.1) is 0 Å². The number of carbonyl (C=O) groups is 1. The molecule has 1 aromatic heterocycles. The highest BCUT2D eigenvalue weighted by atomic mass is 35.5. The molecule has 1 aliphatic rings. The van der Waals surface area contributed by atoms with Crippen LogP contribution in [0.25, 0.3) is 0 Å². The Morgan fingerprint density at radius 3 is 2.77 bits per heavy atom. The lowest BCUT2D eigenvalue weighted by Gasteiger charge is -2.22. The monoisotopic (exact) mass is 457 g/mol. The van der Waals surface area contributed by atoms with E-state index in [2.05, 4.69) is 20.3 Å². The summed E-state index contributed by atoms with van der Waals surface area (Å²) in [6, 6.07) is 4.57. The molecule has 2 amide bonds. The van der Waals surface area contributed by atoms with Crippen molar-refractivity contribution >= 4 is 33.6 Å². The summed E-state index contributed by atoms with van der Waals surface area (Å²) in [6.45, 7) is 0.621. The van der Waals surface area contributed by atoms with Crippen LogP contribution in [-0.2, 0) is 26.1 Å². The molecule has 1 saturated heterocycles. The molecule has 0 aliphatic carbocycles. The van der Waals surface area contributed by atoms with E-state index in [4.69, 9.17) is 25.8 Å². The molecule has 2 heterocycles. The first-order valence-electron chi connectivity index (χ1n) is 8.98. The molecule has 0 radical (unpaired) electrons. The fraction of sp³-hybridized carbons (Fsp3) is 0.412. The maximum absolute atomic E-state index is 12.4. The van der Waals surface area contributed by atoms with Gasteiger partial charge >= 0.3 is 12.0 Å². The standard InChI is InChI=1S/C17H20ClN5O6S/c1-27-17-20-13(10-29-14-8-4-5-9-28-14)19-15(22-17)21-16(24)23-30(25,26)12-7-3-2-6-11(12)18/h2-3,6-7,14H,4-5,8-10H2,1H3,(H2,19,20,21,22,23,24). The fourth-order valence-electron chi connectivity index (χ4n) is 2.59. The quantitative estimate of drug-likeness (QED) is 0.638. The van der Waals surface area contributed by atoms with Crippen molar-refractivity contribution in [3.05, 3.63) is 35.1 Å². The number of anilines is 1. The van der Waals surface area contributed by atoms with E-state index in [0.717, 1.165) is 19.3 Å². The molecule has 30 heavy (non-hydrogen) atoms. The van der Waals surface area contributed by atoms with Crippen LogP contribution in [-0.4, -0.2) is 49.4 Å². The number of nitrogens with zero attached hydrogens (tertiary/aromatic N) is 3. The topological polar surface area (TPSA) is 142 Å². The Hall–Kier alpha value is -2.54. The first-order valence-corrected chi connectivity index (χ1v) is 10.8. The van der Waals surface area contributed by atoms with Gasteiger partial charge in [-0.3, -0.25) is 5.32 Å². The van der Waals surface area contributed by atoms with Gasteiger partial charge in [0.05, 0.1) is 12.1 Å². The predicted octanol–water partition coefficient (Wildman–Crippen LogP) is 2.09. The smallest absolute Gasteiger partial charge is 0.335 e. The van der Waals surface area contributed by atoms with Gasteiger partial charge in [-0.25, -0.2) is 17.9 Å². The molecule has 13 heteroatoms. The van der Waals surface area contributed by atoms with Crippen molar-refractivity contribution in [3.8, 4) is 6.01 Å². The van der Waals surface area contributed by atoms with Crippen LogP contribution < -0.4 is 14.8 Å². The molecule has 1 aromatic carbocycles. The summed E-state index contributed by atoms with van der Waals surface area (Å²) < 4.78 is 42.6. The van der Waals surface area contributed by atoms with Gasteiger partial charge in [0.1, 0.15) is 11.5 Å². The molecule has 1 fully saturated rings. The highest BCUT2D eigenvalue weighted by Crippen LogP contribution is 2.20. The molecule has 3 rings (SSSR count). The lowest BCUT2D eigenvalue weighted by molar-refractivity contribution is -0.170. The number of halogens is 1. The van der Waals surface area contributed by atoms with Gasteiger partial charge in [-0.05, 0) is 31.4 Å². The number of rotatable bonds is 7. The summed E-state index contributed by atoms with van der Waals surface area (Å²) >= 11 is 5.89. The van der Waals surface area contributed by atoms with E-state index in [1.807, 2.05) is 4.72 Å². The third kappa shape index (κ3) is 5.98. The van der Waals surface area contributed by atoms with E-state index >= 15 is 0 Å². The lowest BCUT2D eigenvalue weighted by atomic mass is 10.2. The second-order valence-corrected chi connectivity index (χ2v) is 8.22. The van der Waals surface area contributed by atoms with E-state index in [0.29, 0.717) is 6.61 Å². The van der Waals surface area contributed by atoms with Crippen LogP contribution in [0.5, 0.6) is 6.01 Å². The molecule has 0 bridgehead atoms. The van der Waals surface area contributed by atoms with Crippen molar-refractivity contribution < 1.29 is 27.4 Å². The molecular formula is C17H20ClN5O6S. The molecule has 2 aromatic rings. The predicted molar refractivity (Wildman–Crippen MR) is 106 cm³/mol. The van der Waals surface area contributed by atoms with Crippen LogP contribution in [0.1, 0.15) is 25.1 Å². The van der Waals surface area contributed by atoms with E-state index in [-0.39, 0.29) is 40.6 Å². The number of methoxy groups -OCH3 is 1. The highest BCUT2D eigenvalue weighted by molar-refractivity contribution is 7.90. The molecule has 0 saturated carbocycles. The van der Waals surface area contributed by atoms with E-state index in [1.54, 1.807) is 6.07 Å². The van der Waals surface area contributed by atoms with Crippen LogP contribution >= 0.6 is 11.6 Å². The summed E-state index contributed by atoms with van der Waals surface area (Å²) in [5.41, 5.74) is 0. The molecule has 1 aliphatic heterocycles. The number of ether oxygens (including phenoxy) is 3. The van der Waals surface area contributed by atoms with Gasteiger partial charge in [0.2, 0.25) is 5.95 Å². The van der Waals surface area contributed by atoms with Crippen LogP contribution in [0.4, 0.5) is 10.7 Å². The van der Waals surface area contributed by atoms with Crippen LogP contribution in [0.2, 0.25) is 5.02 Å². The second kappa shape index (κ2) is 9.98. The van der Waals surface area contributed by atoms with Crippen molar-refractivity contribution in [2.45, 2.75) is 37.1 Å². The van der Waals surface area contributed by atoms with Gasteiger partial charge in [0.25, 0.3) is 10.0 Å². The SMILES string of the molecule is COc1nc(COC2CCCCO2)nc(NC(=O)NS(=O)(=O)c2ccccc2Cl)n1. The average molecular weight is 458 g/mol. The molecule has 162 valence electrons. The number of hydrogen-bond donors (Lipinski definition) is 2. The summed E-state index contributed by atoms with van der Waals surface area (Å²) in [4.78, 5) is 23.9. The summed E-state index contributed by atoms with van der Waals surface area (Å²) in [5, 5.41) is 2.21. The summed E-state index contributed by atoms with van der Waals surface area (Å²) in [7, 11) is -2.86. The molecule has 2 N–H and O–H groups in total. The van der Waals surface area contributed by atoms with E-state index in [1.165, 1.54) is 25.3 Å². The average Bonchev–Trinajstić information content (AvgIpc) is 2.72. The van der Waals surface area contributed by atoms with Crippen LogP contribution in [0.15, 0.2) is 29.2 Å². The Morgan fingerprint density at radius 1 is 1.27 bits per heavy atom. The van der Waals surface area contributed by atoms with Crippen molar-refractivity contribution in [1.29, 1.82) is 0 Å². The zero-order valence-electron chi connectivity index (χ0n) is 16.0. The number of benzene rings is 1. The van der Waals surface area contributed by atoms with E-state index in [9.17, 15) is 13.2 Å². The van der Waals surface area contributed by atoms with Crippen molar-refractivity contribution in [2.24, 2.45) is 0 Å². The van der Waals surface area contributed by atoms with E-state index < -0.39 is 16.1 Å². The largest absolute Gasteiger partial charge is 0.467 e. The van der Waals surface area contributed by atoms with Gasteiger partial charge in [-0.15, -0.1) is 0 Å². The molecule has 1 unspecified atom stereocenters. The maximum atomic E-state index is 12.4. The third-order valence-electron chi connectivity index (χ3n) is 3.96. The second-order valence-electron chi connectivity index (χ2n) is 6.16. The Morgan fingerprint density at radius 2 is 2.07 bits per heavy atom. The van der Waals surface area contributed by atoms with Crippen molar-refractivity contribution in [2.75, 3.05) is 19.0 Å². The minimum atomic E-state index is -4.20. The zero-order chi connectivity index (χ0) is 21.6. The van der Waals surface area contributed by atoms with Gasteiger partial charge < -0.3 is 14.2 Å². The maximum Gasteiger partial charge on any atom is 0.335 e. The minimum absolute atomic E-state index is 0.00221. The Kier molecular flexibility index (Phi) is 7.37. The minimum Gasteiger partial charge on any atom is -0.467 e. The Labute approximate surface area is 178 Å². The number of sulfonamides is 1. The van der Waals surface area contributed by atoms with Gasteiger partial charge in [-0.1, -0.05) is 23.7 Å². The van der Waals surface area contributed by atoms with Crippen molar-refractivity contribution in [1.82, 2.24) is 19.7 Å². The number of carbonyl (C=O) groups excluding carboxylic acids is 1. The first kappa shape index (κ1) is 22.2. The van der Waals surface area contributed by atoms with Gasteiger partial charge in [0.15, 0.2) is 12.1 Å².